The smallest absolute Gasteiger partial charge is 0.337 e. The molecule has 0 amide bonds. The molecule has 0 spiro atoms. The van der Waals surface area contributed by atoms with Crippen LogP contribution in [0.3, 0.4) is 0 Å². The van der Waals surface area contributed by atoms with Crippen molar-refractivity contribution in [1.29, 1.82) is 0 Å². The molecule has 0 aliphatic rings. The van der Waals surface area contributed by atoms with Crippen LogP contribution in [0.2, 0.25) is 0 Å². The van der Waals surface area contributed by atoms with Gasteiger partial charge in [-0.2, -0.15) is 0 Å². The number of rotatable bonds is 17. The fourth-order valence-electron chi connectivity index (χ4n) is 8.87. The molecule has 7 nitrogen and oxygen atoms in total. The van der Waals surface area contributed by atoms with Crippen LogP contribution in [-0.4, -0.2) is 43.9 Å². The summed E-state index contributed by atoms with van der Waals surface area (Å²) in [5.41, 5.74) is -9.27. The third kappa shape index (κ3) is 5.18. The summed E-state index contributed by atoms with van der Waals surface area (Å²) in [6.07, 6.45) is 3.35. The molecule has 2 atom stereocenters. The predicted octanol–water partition coefficient (Wildman–Crippen LogP) is 6.96. The molecule has 0 heterocycles. The van der Waals surface area contributed by atoms with Gasteiger partial charge in [0.15, 0.2) is 5.60 Å². The third-order valence-electron chi connectivity index (χ3n) is 10.6. The van der Waals surface area contributed by atoms with E-state index in [1.54, 1.807) is 41.5 Å². The largest absolute Gasteiger partial charge is 0.481 e. The van der Waals surface area contributed by atoms with Gasteiger partial charge in [-0.25, -0.2) is 4.79 Å². The Bertz CT molecular complexity index is 762. The number of aliphatic carboxylic acids is 3. The van der Waals surface area contributed by atoms with Crippen molar-refractivity contribution in [2.75, 3.05) is 0 Å². The van der Waals surface area contributed by atoms with Gasteiger partial charge in [0.2, 0.25) is 0 Å². The Morgan fingerprint density at radius 3 is 1.05 bits per heavy atom. The first kappa shape index (κ1) is 35.4. The molecular weight excluding hydrogens is 472 g/mol. The van der Waals surface area contributed by atoms with Gasteiger partial charge >= 0.3 is 17.9 Å². The maximum absolute atomic E-state index is 13.9. The highest BCUT2D eigenvalue weighted by atomic mass is 16.4. The quantitative estimate of drug-likeness (QED) is 0.160. The van der Waals surface area contributed by atoms with E-state index in [4.69, 9.17) is 0 Å². The molecule has 0 aliphatic heterocycles. The Balaban J connectivity index is 8.51. The zero-order valence-electron chi connectivity index (χ0n) is 25.6. The maximum atomic E-state index is 13.9. The van der Waals surface area contributed by atoms with Crippen LogP contribution in [-0.2, 0) is 14.4 Å². The molecule has 37 heavy (non-hydrogen) atoms. The summed E-state index contributed by atoms with van der Waals surface area (Å²) < 4.78 is 0. The zero-order chi connectivity index (χ0) is 29.8. The van der Waals surface area contributed by atoms with Crippen LogP contribution in [0.1, 0.15) is 122 Å². The van der Waals surface area contributed by atoms with Crippen molar-refractivity contribution < 1.29 is 34.8 Å². The lowest BCUT2D eigenvalue weighted by molar-refractivity contribution is -0.270. The second-order valence-corrected chi connectivity index (χ2v) is 12.7. The Kier molecular flexibility index (Phi) is 11.9. The van der Waals surface area contributed by atoms with E-state index in [0.29, 0.717) is 38.5 Å². The SMILES string of the molecule is CCC(CC)C(C)(C)C(C(=O)O)C(O)(C(=O)O)C(C(=O)O)(C(C)(C)C(CC)CC)C(C)(C)C(CC)CC. The fraction of sp³-hybridized carbons (Fsp3) is 0.900. The van der Waals surface area contributed by atoms with E-state index in [-0.39, 0.29) is 17.8 Å². The molecule has 0 saturated carbocycles. The van der Waals surface area contributed by atoms with Crippen molar-refractivity contribution in [3.8, 4) is 0 Å². The van der Waals surface area contributed by atoms with Gasteiger partial charge in [0.05, 0.1) is 0 Å². The molecule has 0 bridgehead atoms. The number of carboxylic acid groups (broad SMARTS) is 3. The minimum Gasteiger partial charge on any atom is -0.481 e. The molecule has 7 heteroatoms. The Morgan fingerprint density at radius 1 is 0.568 bits per heavy atom. The molecule has 0 aliphatic carbocycles. The van der Waals surface area contributed by atoms with Crippen molar-refractivity contribution in [3.63, 3.8) is 0 Å². The number of hydrogen-bond donors (Lipinski definition) is 4. The first-order valence-electron chi connectivity index (χ1n) is 14.2. The van der Waals surface area contributed by atoms with Gasteiger partial charge in [0.1, 0.15) is 11.3 Å². The van der Waals surface area contributed by atoms with Crippen molar-refractivity contribution >= 4 is 17.9 Å². The summed E-state index contributed by atoms with van der Waals surface area (Å²) in [5, 5.41) is 45.7. The van der Waals surface area contributed by atoms with E-state index in [1.165, 1.54) is 0 Å². The molecular formula is C30H56O7. The number of carboxylic acids is 3. The summed E-state index contributed by atoms with van der Waals surface area (Å²) in [7, 11) is 0. The van der Waals surface area contributed by atoms with E-state index in [1.807, 2.05) is 41.5 Å². The number of aliphatic hydroxyl groups is 1. The summed E-state index contributed by atoms with van der Waals surface area (Å²) in [5.74, 6) is -7.44. The number of carbonyl (C=O) groups is 3. The van der Waals surface area contributed by atoms with Gasteiger partial charge in [-0.3, -0.25) is 9.59 Å². The molecule has 0 rings (SSSR count). The summed E-state index contributed by atoms with van der Waals surface area (Å²) in [6.45, 7) is 21.7. The van der Waals surface area contributed by atoms with Crippen LogP contribution >= 0.6 is 0 Å². The molecule has 0 radical (unpaired) electrons. The van der Waals surface area contributed by atoms with Crippen molar-refractivity contribution in [2.45, 2.75) is 127 Å². The van der Waals surface area contributed by atoms with Gasteiger partial charge in [-0.15, -0.1) is 0 Å². The maximum Gasteiger partial charge on any atom is 0.337 e. The van der Waals surface area contributed by atoms with Gasteiger partial charge in [-0.1, -0.05) is 122 Å². The average Bonchev–Trinajstić information content (AvgIpc) is 2.74. The zero-order valence-corrected chi connectivity index (χ0v) is 25.6. The second-order valence-electron chi connectivity index (χ2n) is 12.7. The molecule has 218 valence electrons. The lowest BCUT2D eigenvalue weighted by Gasteiger charge is -2.65. The Hall–Kier alpha value is -1.63. The van der Waals surface area contributed by atoms with Crippen LogP contribution < -0.4 is 0 Å². The molecule has 0 aromatic heterocycles. The molecule has 0 aromatic carbocycles. The van der Waals surface area contributed by atoms with Crippen LogP contribution in [0.15, 0.2) is 0 Å². The van der Waals surface area contributed by atoms with Crippen LogP contribution in [0, 0.1) is 45.3 Å². The van der Waals surface area contributed by atoms with Gasteiger partial charge < -0.3 is 20.4 Å². The first-order chi connectivity index (χ1) is 16.8. The predicted molar refractivity (Wildman–Crippen MR) is 147 cm³/mol. The van der Waals surface area contributed by atoms with E-state index >= 15 is 0 Å². The van der Waals surface area contributed by atoms with Gasteiger partial charge in [-0.05, 0) is 34.0 Å². The van der Waals surface area contributed by atoms with E-state index in [0.717, 1.165) is 0 Å². The van der Waals surface area contributed by atoms with E-state index in [9.17, 15) is 34.8 Å². The third-order valence-corrected chi connectivity index (χ3v) is 10.6. The average molecular weight is 529 g/mol. The van der Waals surface area contributed by atoms with Crippen molar-refractivity contribution in [1.82, 2.24) is 0 Å². The second kappa shape index (κ2) is 12.5. The molecule has 0 fully saturated rings. The van der Waals surface area contributed by atoms with Gasteiger partial charge in [0.25, 0.3) is 0 Å². The molecule has 2 unspecified atom stereocenters. The minimum atomic E-state index is -3.12. The minimum absolute atomic E-state index is 0.251. The lowest BCUT2D eigenvalue weighted by atomic mass is 9.37. The Morgan fingerprint density at radius 2 is 0.865 bits per heavy atom. The monoisotopic (exact) mass is 528 g/mol. The van der Waals surface area contributed by atoms with Crippen molar-refractivity contribution in [3.05, 3.63) is 0 Å². The molecule has 4 N–H and O–H groups in total. The van der Waals surface area contributed by atoms with E-state index < -0.39 is 51.1 Å². The summed E-state index contributed by atoms with van der Waals surface area (Å²) in [6, 6.07) is 0. The standard InChI is InChI=1S/C30H56O7/c1-13-19(14-2)26(7,8)22(23(31)32)29(37,24(33)34)30(25(35)36,27(9,10)20(15-3)16-4)28(11,12)21(17-5)18-6/h19-22,37H,13-18H2,1-12H3,(H,31,32)(H,33,34)(H,35,36). The normalized spacial score (nSPS) is 16.2. The first-order valence-corrected chi connectivity index (χ1v) is 14.2. The van der Waals surface area contributed by atoms with Crippen LogP contribution in [0.5, 0.6) is 0 Å². The highest BCUT2D eigenvalue weighted by molar-refractivity contribution is 5.95. The van der Waals surface area contributed by atoms with Crippen LogP contribution in [0.4, 0.5) is 0 Å². The highest BCUT2D eigenvalue weighted by Gasteiger charge is 2.79. The van der Waals surface area contributed by atoms with Crippen LogP contribution in [0.25, 0.3) is 0 Å². The highest BCUT2D eigenvalue weighted by Crippen LogP contribution is 2.68. The van der Waals surface area contributed by atoms with Gasteiger partial charge in [0, 0.05) is 0 Å². The lowest BCUT2D eigenvalue weighted by Crippen LogP contribution is -2.77. The summed E-state index contributed by atoms with van der Waals surface area (Å²) in [4.78, 5) is 40.5. The topological polar surface area (TPSA) is 132 Å². The van der Waals surface area contributed by atoms with E-state index in [2.05, 4.69) is 0 Å². The number of hydrogen-bond acceptors (Lipinski definition) is 4. The molecule has 0 saturated heterocycles. The fourth-order valence-corrected chi connectivity index (χ4v) is 8.87. The Labute approximate surface area is 225 Å². The van der Waals surface area contributed by atoms with Crippen molar-refractivity contribution in [2.24, 2.45) is 45.3 Å². The summed E-state index contributed by atoms with van der Waals surface area (Å²) >= 11 is 0. The molecule has 0 aromatic rings.